The lowest BCUT2D eigenvalue weighted by atomic mass is 9.90. The molecule has 0 spiro atoms. The molecule has 120 valence electrons. The number of hydrogen-bond donors (Lipinski definition) is 0. The van der Waals surface area contributed by atoms with Crippen LogP contribution in [0.2, 0.25) is 0 Å². The van der Waals surface area contributed by atoms with Crippen LogP contribution in [-0.4, -0.2) is 49.4 Å². The van der Waals surface area contributed by atoms with Gasteiger partial charge in [-0.2, -0.15) is 4.31 Å². The van der Waals surface area contributed by atoms with Gasteiger partial charge in [0.1, 0.15) is 5.78 Å². The highest BCUT2D eigenvalue weighted by Crippen LogP contribution is 2.34. The van der Waals surface area contributed by atoms with Crippen molar-refractivity contribution >= 4 is 21.8 Å². The molecule has 0 N–H and O–H groups in total. The van der Waals surface area contributed by atoms with Gasteiger partial charge in [0.2, 0.25) is 10.0 Å². The van der Waals surface area contributed by atoms with Gasteiger partial charge in [-0.1, -0.05) is 6.42 Å². The van der Waals surface area contributed by atoms with Gasteiger partial charge in [0.25, 0.3) is 0 Å². The van der Waals surface area contributed by atoms with Crippen molar-refractivity contribution in [1.29, 1.82) is 0 Å². The second-order valence-electron chi connectivity index (χ2n) is 5.85. The predicted octanol–water partition coefficient (Wildman–Crippen LogP) is 1.10. The largest absolute Gasteiger partial charge is 0.468 e. The Kier molecular flexibility index (Phi) is 5.03. The van der Waals surface area contributed by atoms with Gasteiger partial charge >= 0.3 is 5.97 Å². The SMILES string of the molecule is COC(=O)C(C)S(=O)(=O)N1CCCCC1C1CCCC1=O. The summed E-state index contributed by atoms with van der Waals surface area (Å²) >= 11 is 0. The monoisotopic (exact) mass is 317 g/mol. The molecule has 0 radical (unpaired) electrons. The first-order valence-electron chi connectivity index (χ1n) is 7.50. The molecule has 0 amide bonds. The molecule has 1 saturated carbocycles. The molecule has 21 heavy (non-hydrogen) atoms. The minimum absolute atomic E-state index is 0.160. The molecule has 3 atom stereocenters. The maximum Gasteiger partial charge on any atom is 0.325 e. The van der Waals surface area contributed by atoms with Crippen molar-refractivity contribution in [2.24, 2.45) is 5.92 Å². The van der Waals surface area contributed by atoms with E-state index in [9.17, 15) is 18.0 Å². The van der Waals surface area contributed by atoms with Crippen LogP contribution in [-0.2, 0) is 24.3 Å². The van der Waals surface area contributed by atoms with Crippen LogP contribution < -0.4 is 0 Å². The summed E-state index contributed by atoms with van der Waals surface area (Å²) in [4.78, 5) is 23.6. The van der Waals surface area contributed by atoms with Crippen LogP contribution >= 0.6 is 0 Å². The van der Waals surface area contributed by atoms with E-state index in [1.54, 1.807) is 0 Å². The van der Waals surface area contributed by atoms with Gasteiger partial charge in [0.15, 0.2) is 5.25 Å². The van der Waals surface area contributed by atoms with E-state index in [-0.39, 0.29) is 17.7 Å². The van der Waals surface area contributed by atoms with Gasteiger partial charge in [-0.25, -0.2) is 8.42 Å². The van der Waals surface area contributed by atoms with E-state index in [4.69, 9.17) is 0 Å². The number of ketones is 1. The summed E-state index contributed by atoms with van der Waals surface area (Å²) in [5, 5.41) is -1.22. The molecule has 0 aromatic carbocycles. The standard InChI is InChI=1S/C14H23NO5S/c1-10(14(17)20-2)21(18,19)15-9-4-3-7-12(15)11-6-5-8-13(11)16/h10-12H,3-9H2,1-2H3. The lowest BCUT2D eigenvalue weighted by molar-refractivity contribution is -0.139. The number of hydrogen-bond acceptors (Lipinski definition) is 5. The van der Waals surface area contributed by atoms with E-state index in [2.05, 4.69) is 4.74 Å². The van der Waals surface area contributed by atoms with Crippen molar-refractivity contribution in [3.05, 3.63) is 0 Å². The van der Waals surface area contributed by atoms with Crippen molar-refractivity contribution in [2.45, 2.75) is 56.7 Å². The molecule has 7 heteroatoms. The van der Waals surface area contributed by atoms with E-state index in [1.165, 1.54) is 18.3 Å². The van der Waals surface area contributed by atoms with E-state index in [0.717, 1.165) is 25.7 Å². The number of piperidine rings is 1. The fourth-order valence-electron chi connectivity index (χ4n) is 3.39. The number of carbonyl (C=O) groups excluding carboxylic acids is 2. The second kappa shape index (κ2) is 6.44. The summed E-state index contributed by atoms with van der Waals surface area (Å²) in [6.07, 6.45) is 4.52. The van der Waals surface area contributed by atoms with Crippen molar-refractivity contribution in [3.8, 4) is 0 Å². The third-order valence-corrected chi connectivity index (χ3v) is 6.81. The highest BCUT2D eigenvalue weighted by molar-refractivity contribution is 7.90. The number of ether oxygens (including phenoxy) is 1. The molecule has 1 aliphatic heterocycles. The number of rotatable bonds is 4. The Morgan fingerprint density at radius 2 is 2.00 bits per heavy atom. The van der Waals surface area contributed by atoms with E-state index in [0.29, 0.717) is 19.4 Å². The molecule has 0 bridgehead atoms. The maximum atomic E-state index is 12.7. The van der Waals surface area contributed by atoms with Gasteiger partial charge in [0, 0.05) is 24.9 Å². The van der Waals surface area contributed by atoms with Crippen LogP contribution in [0.25, 0.3) is 0 Å². The van der Waals surface area contributed by atoms with Gasteiger partial charge in [0.05, 0.1) is 7.11 Å². The van der Waals surface area contributed by atoms with Crippen LogP contribution in [0.1, 0.15) is 45.4 Å². The Hall–Kier alpha value is -0.950. The number of Topliss-reactive ketones (excluding diaryl/α,β-unsaturated/α-hetero) is 1. The number of methoxy groups -OCH3 is 1. The molecule has 6 nitrogen and oxygen atoms in total. The van der Waals surface area contributed by atoms with Crippen molar-refractivity contribution in [3.63, 3.8) is 0 Å². The first-order valence-corrected chi connectivity index (χ1v) is 9.01. The van der Waals surface area contributed by atoms with E-state index < -0.39 is 21.2 Å². The Morgan fingerprint density at radius 3 is 2.57 bits per heavy atom. The summed E-state index contributed by atoms with van der Waals surface area (Å²) in [5.74, 6) is -0.796. The zero-order valence-corrected chi connectivity index (χ0v) is 13.4. The smallest absolute Gasteiger partial charge is 0.325 e. The van der Waals surface area contributed by atoms with Crippen LogP contribution in [0.15, 0.2) is 0 Å². The maximum absolute atomic E-state index is 12.7. The fourth-order valence-corrected chi connectivity index (χ4v) is 5.15. The summed E-state index contributed by atoms with van der Waals surface area (Å²) < 4.78 is 31.3. The highest BCUT2D eigenvalue weighted by atomic mass is 32.2. The quantitative estimate of drug-likeness (QED) is 0.725. The first-order chi connectivity index (χ1) is 9.89. The second-order valence-corrected chi connectivity index (χ2v) is 8.06. The Labute approximate surface area is 125 Å². The Morgan fingerprint density at radius 1 is 1.29 bits per heavy atom. The molecule has 0 aromatic rings. The van der Waals surface area contributed by atoms with Gasteiger partial charge < -0.3 is 4.74 Å². The summed E-state index contributed by atoms with van der Waals surface area (Å²) in [6.45, 7) is 1.74. The number of sulfonamides is 1. The molecule has 2 fully saturated rings. The zero-order chi connectivity index (χ0) is 15.6. The van der Waals surface area contributed by atoms with Gasteiger partial charge in [-0.05, 0) is 32.6 Å². The average Bonchev–Trinajstić information content (AvgIpc) is 2.91. The van der Waals surface area contributed by atoms with E-state index in [1.807, 2.05) is 0 Å². The molecule has 2 aliphatic rings. The van der Waals surface area contributed by atoms with Gasteiger partial charge in [-0.15, -0.1) is 0 Å². The highest BCUT2D eigenvalue weighted by Gasteiger charge is 2.44. The first kappa shape index (κ1) is 16.4. The number of carbonyl (C=O) groups is 2. The summed E-state index contributed by atoms with van der Waals surface area (Å²) in [5.41, 5.74) is 0. The molecule has 0 aromatic heterocycles. The minimum atomic E-state index is -3.78. The normalized spacial score (nSPS) is 29.3. The van der Waals surface area contributed by atoms with Crippen molar-refractivity contribution in [2.75, 3.05) is 13.7 Å². The molecule has 3 unspecified atom stereocenters. The Balaban J connectivity index is 2.25. The Bertz CT molecular complexity index is 515. The summed E-state index contributed by atoms with van der Waals surface area (Å²) in [6, 6.07) is -0.286. The zero-order valence-electron chi connectivity index (χ0n) is 12.6. The molecule has 1 heterocycles. The number of esters is 1. The molecule has 2 rings (SSSR count). The van der Waals surface area contributed by atoms with Crippen molar-refractivity contribution < 1.29 is 22.7 Å². The van der Waals surface area contributed by atoms with Crippen molar-refractivity contribution in [1.82, 2.24) is 4.31 Å². The third-order valence-electron chi connectivity index (χ3n) is 4.62. The summed E-state index contributed by atoms with van der Waals surface area (Å²) in [7, 11) is -2.59. The van der Waals surface area contributed by atoms with Crippen LogP contribution in [0.4, 0.5) is 0 Å². The molecule has 1 aliphatic carbocycles. The van der Waals surface area contributed by atoms with Crippen LogP contribution in [0.3, 0.4) is 0 Å². The molecular weight excluding hydrogens is 294 g/mol. The third kappa shape index (κ3) is 3.13. The minimum Gasteiger partial charge on any atom is -0.468 e. The lowest BCUT2D eigenvalue weighted by Gasteiger charge is -2.38. The van der Waals surface area contributed by atoms with Gasteiger partial charge in [-0.3, -0.25) is 9.59 Å². The number of nitrogens with zero attached hydrogens (tertiary/aromatic N) is 1. The average molecular weight is 317 g/mol. The van der Waals surface area contributed by atoms with Crippen LogP contribution in [0.5, 0.6) is 0 Å². The predicted molar refractivity (Wildman–Crippen MR) is 77.1 cm³/mol. The molecular formula is C14H23NO5S. The fraction of sp³-hybridized carbons (Fsp3) is 0.857. The topological polar surface area (TPSA) is 80.8 Å². The van der Waals surface area contributed by atoms with Crippen LogP contribution in [0, 0.1) is 5.92 Å². The lowest BCUT2D eigenvalue weighted by Crippen LogP contribution is -2.52. The van der Waals surface area contributed by atoms with E-state index >= 15 is 0 Å². The molecule has 1 saturated heterocycles.